The van der Waals surface area contributed by atoms with Gasteiger partial charge in [-0.1, -0.05) is 6.08 Å². The summed E-state index contributed by atoms with van der Waals surface area (Å²) in [5.74, 6) is 0.0658. The molecular weight excluding hydrogens is 416 g/mol. The molecule has 0 radical (unpaired) electrons. The molecular formula is C20H22N8O4. The van der Waals surface area contributed by atoms with Gasteiger partial charge >= 0.3 is 5.97 Å². The lowest BCUT2D eigenvalue weighted by molar-refractivity contribution is -0.138. The van der Waals surface area contributed by atoms with Crippen LogP contribution in [0.3, 0.4) is 0 Å². The lowest BCUT2D eigenvalue weighted by atomic mass is 9.78. The first-order valence-electron chi connectivity index (χ1n) is 10.3. The van der Waals surface area contributed by atoms with Crippen LogP contribution in [0.15, 0.2) is 42.3 Å². The van der Waals surface area contributed by atoms with Crippen molar-refractivity contribution in [3.63, 3.8) is 0 Å². The zero-order valence-corrected chi connectivity index (χ0v) is 17.5. The number of hydrogen-bond donors (Lipinski definition) is 1. The van der Waals surface area contributed by atoms with Crippen molar-refractivity contribution in [2.24, 2.45) is 5.41 Å². The van der Waals surface area contributed by atoms with Crippen LogP contribution < -0.4 is 0 Å². The molecule has 3 aliphatic rings. The molecule has 0 bridgehead atoms. The van der Waals surface area contributed by atoms with Gasteiger partial charge in [0.2, 0.25) is 5.91 Å². The summed E-state index contributed by atoms with van der Waals surface area (Å²) in [6.45, 7) is 3.51. The zero-order valence-electron chi connectivity index (χ0n) is 17.5. The summed E-state index contributed by atoms with van der Waals surface area (Å²) in [5.41, 5.74) is 0.981. The van der Waals surface area contributed by atoms with E-state index >= 15 is 0 Å². The molecule has 1 N–H and O–H groups in total. The van der Waals surface area contributed by atoms with Gasteiger partial charge in [-0.3, -0.25) is 14.7 Å². The monoisotopic (exact) mass is 438 g/mol. The summed E-state index contributed by atoms with van der Waals surface area (Å²) in [7, 11) is 0. The lowest BCUT2D eigenvalue weighted by Gasteiger charge is -2.38. The third-order valence-corrected chi connectivity index (χ3v) is 6.32. The van der Waals surface area contributed by atoms with E-state index in [-0.39, 0.29) is 18.5 Å². The Morgan fingerprint density at radius 2 is 2.03 bits per heavy atom. The number of β-amino-alcohol motifs (C(OH)–C–C–N with tert-alkyl or cyclic N) is 1. The quantitative estimate of drug-likeness (QED) is 0.622. The van der Waals surface area contributed by atoms with Crippen LogP contribution in [-0.4, -0.2) is 83.2 Å². The maximum atomic E-state index is 13.2. The largest absolute Gasteiger partial charge is 0.456 e. The Labute approximate surface area is 183 Å². The molecule has 12 heteroatoms. The number of esters is 1. The van der Waals surface area contributed by atoms with E-state index < -0.39 is 11.5 Å². The molecule has 32 heavy (non-hydrogen) atoms. The van der Waals surface area contributed by atoms with Gasteiger partial charge in [-0.2, -0.15) is 4.68 Å². The summed E-state index contributed by atoms with van der Waals surface area (Å²) >= 11 is 0. The smallest absolute Gasteiger partial charge is 0.336 e. The molecule has 1 saturated heterocycles. The minimum absolute atomic E-state index is 0.0191. The molecule has 0 saturated carbocycles. The summed E-state index contributed by atoms with van der Waals surface area (Å²) in [6, 6.07) is 0. The molecule has 1 atom stereocenters. The Morgan fingerprint density at radius 1 is 1.22 bits per heavy atom. The minimum atomic E-state index is -0.805. The summed E-state index contributed by atoms with van der Waals surface area (Å²) < 4.78 is 6.43. The number of amides is 1. The van der Waals surface area contributed by atoms with Crippen LogP contribution in [0.4, 0.5) is 0 Å². The second kappa shape index (κ2) is 7.88. The third-order valence-electron chi connectivity index (χ3n) is 6.32. The number of nitrogens with zero attached hydrogens (tertiary/aromatic N) is 8. The van der Waals surface area contributed by atoms with E-state index in [1.54, 1.807) is 18.0 Å². The average molecular weight is 438 g/mol. The van der Waals surface area contributed by atoms with Crippen molar-refractivity contribution in [1.82, 2.24) is 40.0 Å². The predicted molar refractivity (Wildman–Crippen MR) is 107 cm³/mol. The highest BCUT2D eigenvalue weighted by molar-refractivity contribution is 5.95. The van der Waals surface area contributed by atoms with Crippen molar-refractivity contribution in [3.05, 3.63) is 48.0 Å². The highest BCUT2D eigenvalue weighted by atomic mass is 16.5. The number of ether oxygens (including phenoxy) is 1. The number of likely N-dealkylation sites (tertiary alicyclic amines) is 1. The topological polar surface area (TPSA) is 139 Å². The average Bonchev–Trinajstić information content (AvgIpc) is 3.53. The van der Waals surface area contributed by atoms with Gasteiger partial charge in [0, 0.05) is 12.7 Å². The maximum absolute atomic E-state index is 13.2. The molecule has 0 unspecified atom stereocenters. The molecule has 1 spiro atoms. The van der Waals surface area contributed by atoms with Gasteiger partial charge in [0.25, 0.3) is 0 Å². The number of hydrogen-bond acceptors (Lipinski definition) is 10. The second-order valence-electron chi connectivity index (χ2n) is 8.17. The minimum Gasteiger partial charge on any atom is -0.456 e. The highest BCUT2D eigenvalue weighted by Gasteiger charge is 2.47. The molecule has 5 heterocycles. The van der Waals surface area contributed by atoms with Gasteiger partial charge in [-0.25, -0.2) is 9.78 Å². The Balaban J connectivity index is 1.19. The molecule has 0 aliphatic carbocycles. The van der Waals surface area contributed by atoms with E-state index in [2.05, 4.69) is 30.4 Å². The Morgan fingerprint density at radius 3 is 2.66 bits per heavy atom. The summed E-state index contributed by atoms with van der Waals surface area (Å²) in [5, 5.41) is 21.5. The number of aliphatic hydroxyl groups is 1. The van der Waals surface area contributed by atoms with Gasteiger partial charge in [-0.15, -0.1) is 5.10 Å². The normalized spacial score (nSPS) is 21.6. The van der Waals surface area contributed by atoms with Crippen LogP contribution in [0.5, 0.6) is 0 Å². The van der Waals surface area contributed by atoms with Crippen molar-refractivity contribution in [1.29, 1.82) is 0 Å². The van der Waals surface area contributed by atoms with E-state index in [1.807, 2.05) is 6.08 Å². The highest BCUT2D eigenvalue weighted by Crippen LogP contribution is 2.41. The van der Waals surface area contributed by atoms with Gasteiger partial charge in [0.05, 0.1) is 34.8 Å². The van der Waals surface area contributed by atoms with Gasteiger partial charge in [-0.05, 0) is 43.3 Å². The molecule has 2 aromatic heterocycles. The molecule has 166 valence electrons. The summed E-state index contributed by atoms with van der Waals surface area (Å²) in [6.07, 6.45) is 8.59. The molecule has 12 nitrogen and oxygen atoms in total. The van der Waals surface area contributed by atoms with Crippen molar-refractivity contribution in [3.8, 4) is 5.82 Å². The fourth-order valence-corrected chi connectivity index (χ4v) is 4.27. The molecule has 1 amide bonds. The standard InChI is InChI=1S/C20H22N8O4/c1-13-15(11-32-18(13)30)27-7-4-20(19(27)31)2-5-26(6-3-20)10-16(29)14-8-22-17(9-21-14)28-12-23-24-25-28/h4,7-9,12,16,29H,2-3,5-6,10-11H2,1H3/t16-/m0/s1. The molecule has 5 rings (SSSR count). The number of aromatic nitrogens is 6. The number of piperidine rings is 1. The summed E-state index contributed by atoms with van der Waals surface area (Å²) in [4.78, 5) is 37.0. The molecule has 0 aromatic carbocycles. The van der Waals surface area contributed by atoms with Crippen LogP contribution in [0.2, 0.25) is 0 Å². The molecule has 1 fully saturated rings. The van der Waals surface area contributed by atoms with E-state index in [0.29, 0.717) is 55.3 Å². The predicted octanol–water partition coefficient (Wildman–Crippen LogP) is -0.245. The van der Waals surface area contributed by atoms with Crippen LogP contribution in [0.25, 0.3) is 5.82 Å². The van der Waals surface area contributed by atoms with Gasteiger partial charge < -0.3 is 14.7 Å². The van der Waals surface area contributed by atoms with Crippen molar-refractivity contribution < 1.29 is 19.4 Å². The second-order valence-corrected chi connectivity index (χ2v) is 8.17. The number of carbonyl (C=O) groups excluding carboxylic acids is 2. The van der Waals surface area contributed by atoms with Gasteiger partial charge in [0.15, 0.2) is 5.82 Å². The van der Waals surface area contributed by atoms with E-state index in [0.717, 1.165) is 0 Å². The van der Waals surface area contributed by atoms with Crippen LogP contribution in [0.1, 0.15) is 31.6 Å². The number of rotatable bonds is 5. The fourth-order valence-electron chi connectivity index (χ4n) is 4.27. The van der Waals surface area contributed by atoms with Crippen molar-refractivity contribution in [2.45, 2.75) is 25.9 Å². The number of tetrazole rings is 1. The number of carbonyl (C=O) groups is 2. The Bertz CT molecular complexity index is 1090. The molecule has 2 aromatic rings. The van der Waals surface area contributed by atoms with Crippen molar-refractivity contribution in [2.75, 3.05) is 26.2 Å². The Hall–Kier alpha value is -3.51. The number of aliphatic hydroxyl groups excluding tert-OH is 1. The van der Waals surface area contributed by atoms with E-state index in [9.17, 15) is 14.7 Å². The number of cyclic esters (lactones) is 1. The first-order valence-corrected chi connectivity index (χ1v) is 10.3. The van der Waals surface area contributed by atoms with Crippen LogP contribution in [-0.2, 0) is 14.3 Å². The van der Waals surface area contributed by atoms with Gasteiger partial charge in [0.1, 0.15) is 19.0 Å². The maximum Gasteiger partial charge on any atom is 0.336 e. The Kier molecular flexibility index (Phi) is 5.02. The van der Waals surface area contributed by atoms with E-state index in [4.69, 9.17) is 4.74 Å². The van der Waals surface area contributed by atoms with Crippen LogP contribution in [0, 0.1) is 5.41 Å². The first-order chi connectivity index (χ1) is 15.5. The zero-order chi connectivity index (χ0) is 22.3. The third kappa shape index (κ3) is 3.46. The molecule has 3 aliphatic heterocycles. The first kappa shape index (κ1) is 20.4. The van der Waals surface area contributed by atoms with Crippen LogP contribution >= 0.6 is 0 Å². The lowest BCUT2D eigenvalue weighted by Crippen LogP contribution is -2.46. The SMILES string of the molecule is CC1=C(N2C=CC3(CCN(C[C@H](O)c4cnc(-n5cnnn5)cn4)CC3)C2=O)COC1=O. The van der Waals surface area contributed by atoms with Crippen molar-refractivity contribution >= 4 is 11.9 Å². The fraction of sp³-hybridized carbons (Fsp3) is 0.450. The van der Waals surface area contributed by atoms with E-state index in [1.165, 1.54) is 23.4 Å².